The molecule has 2 aromatic heterocycles. The summed E-state index contributed by atoms with van der Waals surface area (Å²) in [5, 5.41) is 24.6. The molecule has 0 bridgehead atoms. The van der Waals surface area contributed by atoms with Gasteiger partial charge in [-0.05, 0) is 71.3 Å². The summed E-state index contributed by atoms with van der Waals surface area (Å²) in [6.07, 6.45) is 0. The van der Waals surface area contributed by atoms with E-state index in [0.717, 1.165) is 39.0 Å². The number of benzene rings is 7. The number of nitriles is 2. The van der Waals surface area contributed by atoms with Crippen LogP contribution in [0.5, 0.6) is 0 Å². The van der Waals surface area contributed by atoms with Gasteiger partial charge in [0.1, 0.15) is 0 Å². The summed E-state index contributed by atoms with van der Waals surface area (Å²) in [5.41, 5.74) is 11.4. The molecule has 0 saturated heterocycles. The predicted molar refractivity (Wildman–Crippen MR) is 195 cm³/mol. The third-order valence-corrected chi connectivity index (χ3v) is 9.40. The van der Waals surface area contributed by atoms with Crippen molar-refractivity contribution >= 4 is 43.6 Å². The van der Waals surface area contributed by atoms with Crippen LogP contribution in [0.1, 0.15) is 11.1 Å². The van der Waals surface area contributed by atoms with Crippen molar-refractivity contribution in [3.63, 3.8) is 0 Å². The van der Waals surface area contributed by atoms with Crippen LogP contribution >= 0.6 is 0 Å². The molecule has 0 saturated carbocycles. The molecule has 222 valence electrons. The number of hydrogen-bond donors (Lipinski definition) is 0. The first-order valence-corrected chi connectivity index (χ1v) is 15.9. The summed E-state index contributed by atoms with van der Waals surface area (Å²) in [6, 6.07) is 59.0. The molecule has 0 spiro atoms. The molecule has 9 rings (SSSR count). The molecule has 9 aromatic rings. The van der Waals surface area contributed by atoms with Crippen molar-refractivity contribution < 1.29 is 0 Å². The minimum absolute atomic E-state index is 0.483. The molecule has 0 unspecified atom stereocenters. The molecule has 0 aliphatic heterocycles. The number of aromatic nitrogens is 2. The second kappa shape index (κ2) is 10.9. The first kappa shape index (κ1) is 27.4. The Morgan fingerprint density at radius 3 is 1.73 bits per heavy atom. The maximum atomic E-state index is 9.96. The van der Waals surface area contributed by atoms with Crippen molar-refractivity contribution in [2.24, 2.45) is 0 Å². The fraction of sp³-hybridized carbons (Fsp3) is 0. The van der Waals surface area contributed by atoms with Gasteiger partial charge in [-0.2, -0.15) is 10.5 Å². The van der Waals surface area contributed by atoms with Gasteiger partial charge in [-0.3, -0.25) is 0 Å². The molecule has 0 aliphatic rings. The Labute approximate surface area is 277 Å². The van der Waals surface area contributed by atoms with E-state index in [2.05, 4.69) is 143 Å². The van der Waals surface area contributed by atoms with E-state index in [1.165, 1.54) is 32.7 Å². The van der Waals surface area contributed by atoms with E-state index in [-0.39, 0.29) is 0 Å². The summed E-state index contributed by atoms with van der Waals surface area (Å²) in [4.78, 5) is 0. The van der Waals surface area contributed by atoms with E-state index in [1.54, 1.807) is 18.2 Å². The zero-order valence-electron chi connectivity index (χ0n) is 25.8. The minimum Gasteiger partial charge on any atom is -0.309 e. The van der Waals surface area contributed by atoms with Gasteiger partial charge >= 0.3 is 0 Å². The van der Waals surface area contributed by atoms with Gasteiger partial charge in [0.15, 0.2) is 0 Å². The summed E-state index contributed by atoms with van der Waals surface area (Å²) in [5.74, 6) is 0. The van der Waals surface area contributed by atoms with Crippen molar-refractivity contribution in [3.8, 4) is 45.8 Å². The molecule has 0 atom stereocenters. The molecule has 4 heteroatoms. The molecule has 0 fully saturated rings. The van der Waals surface area contributed by atoms with Crippen LogP contribution in [0, 0.1) is 22.7 Å². The number of hydrogen-bond acceptors (Lipinski definition) is 2. The second-order valence-electron chi connectivity index (χ2n) is 12.0. The lowest BCUT2D eigenvalue weighted by Gasteiger charge is -2.13. The largest absolute Gasteiger partial charge is 0.309 e. The Bertz CT molecular complexity index is 2750. The Morgan fingerprint density at radius 2 is 1.00 bits per heavy atom. The van der Waals surface area contributed by atoms with Crippen molar-refractivity contribution in [1.29, 1.82) is 10.5 Å². The standard InChI is InChI=1S/C44H26N4/c45-27-32-13-8-14-33(28-46)42(32)31-12-9-15-35(26-31)48-39-18-6-4-16-36(39)37-24-25-41-43(44(37)48)38-17-5-7-19-40(38)47(41)34-22-20-30(21-23-34)29-10-2-1-3-11-29/h1-26H. The Morgan fingerprint density at radius 1 is 0.396 bits per heavy atom. The van der Waals surface area contributed by atoms with Gasteiger partial charge in [-0.25, -0.2) is 0 Å². The van der Waals surface area contributed by atoms with Crippen LogP contribution in [0.3, 0.4) is 0 Å². The van der Waals surface area contributed by atoms with Gasteiger partial charge < -0.3 is 9.13 Å². The lowest BCUT2D eigenvalue weighted by molar-refractivity contribution is 1.17. The summed E-state index contributed by atoms with van der Waals surface area (Å²) >= 11 is 0. The Kier molecular flexibility index (Phi) is 6.22. The van der Waals surface area contributed by atoms with Crippen molar-refractivity contribution in [2.75, 3.05) is 0 Å². The topological polar surface area (TPSA) is 57.4 Å². The van der Waals surface area contributed by atoms with Crippen LogP contribution in [-0.2, 0) is 0 Å². The van der Waals surface area contributed by atoms with Gasteiger partial charge in [0.2, 0.25) is 0 Å². The smallest absolute Gasteiger partial charge is 0.0998 e. The first-order chi connectivity index (χ1) is 23.7. The minimum atomic E-state index is 0.483. The molecule has 0 aliphatic carbocycles. The average molecular weight is 611 g/mol. The van der Waals surface area contributed by atoms with E-state index < -0.39 is 0 Å². The molecule has 0 amide bonds. The van der Waals surface area contributed by atoms with Crippen LogP contribution < -0.4 is 0 Å². The molecule has 0 N–H and O–H groups in total. The number of nitrogens with zero attached hydrogens (tertiary/aromatic N) is 4. The average Bonchev–Trinajstić information content (AvgIpc) is 3.68. The maximum Gasteiger partial charge on any atom is 0.0998 e. The van der Waals surface area contributed by atoms with E-state index in [0.29, 0.717) is 16.7 Å². The van der Waals surface area contributed by atoms with Crippen molar-refractivity contribution in [3.05, 3.63) is 169 Å². The lowest BCUT2D eigenvalue weighted by atomic mass is 9.95. The Hall–Kier alpha value is -6.88. The highest BCUT2D eigenvalue weighted by atomic mass is 15.0. The zero-order valence-corrected chi connectivity index (χ0v) is 25.8. The molecule has 7 aromatic carbocycles. The SMILES string of the molecule is N#Cc1cccc(C#N)c1-c1cccc(-n2c3ccccc3c3ccc4c(c5ccccc5n4-c4ccc(-c5ccccc5)cc4)c32)c1. The fourth-order valence-corrected chi connectivity index (χ4v) is 7.34. The highest BCUT2D eigenvalue weighted by Crippen LogP contribution is 2.42. The number of rotatable bonds is 4. The zero-order chi connectivity index (χ0) is 32.2. The highest BCUT2D eigenvalue weighted by Gasteiger charge is 2.21. The van der Waals surface area contributed by atoms with Crippen LogP contribution in [0.4, 0.5) is 0 Å². The predicted octanol–water partition coefficient (Wildman–Crippen LogP) is 11.0. The normalized spacial score (nSPS) is 11.3. The van der Waals surface area contributed by atoms with Crippen molar-refractivity contribution in [1.82, 2.24) is 9.13 Å². The fourth-order valence-electron chi connectivity index (χ4n) is 7.34. The third-order valence-electron chi connectivity index (χ3n) is 9.40. The van der Waals surface area contributed by atoms with E-state index in [1.807, 2.05) is 18.2 Å². The highest BCUT2D eigenvalue weighted by molar-refractivity contribution is 6.26. The van der Waals surface area contributed by atoms with E-state index in [4.69, 9.17) is 0 Å². The molecule has 48 heavy (non-hydrogen) atoms. The summed E-state index contributed by atoms with van der Waals surface area (Å²) in [7, 11) is 0. The lowest BCUT2D eigenvalue weighted by Crippen LogP contribution is -1.97. The van der Waals surface area contributed by atoms with Crippen molar-refractivity contribution in [2.45, 2.75) is 0 Å². The molecular formula is C44H26N4. The molecular weight excluding hydrogens is 585 g/mol. The molecule has 2 heterocycles. The summed E-state index contributed by atoms with van der Waals surface area (Å²) < 4.78 is 4.70. The quantitative estimate of drug-likeness (QED) is 0.199. The third kappa shape index (κ3) is 4.07. The maximum absolute atomic E-state index is 9.96. The first-order valence-electron chi connectivity index (χ1n) is 15.9. The molecule has 0 radical (unpaired) electrons. The van der Waals surface area contributed by atoms with E-state index in [9.17, 15) is 10.5 Å². The van der Waals surface area contributed by atoms with Crippen LogP contribution in [-0.4, -0.2) is 9.13 Å². The number of para-hydroxylation sites is 2. The van der Waals surface area contributed by atoms with Crippen LogP contribution in [0.15, 0.2) is 158 Å². The summed E-state index contributed by atoms with van der Waals surface area (Å²) in [6.45, 7) is 0. The van der Waals surface area contributed by atoms with E-state index >= 15 is 0 Å². The van der Waals surface area contributed by atoms with Gasteiger partial charge in [0.05, 0.1) is 45.3 Å². The van der Waals surface area contributed by atoms with Crippen LogP contribution in [0.25, 0.3) is 77.2 Å². The van der Waals surface area contributed by atoms with Crippen LogP contribution in [0.2, 0.25) is 0 Å². The van der Waals surface area contributed by atoms with Gasteiger partial charge in [0.25, 0.3) is 0 Å². The monoisotopic (exact) mass is 610 g/mol. The van der Waals surface area contributed by atoms with Gasteiger partial charge in [0, 0.05) is 38.5 Å². The Balaban J connectivity index is 1.35. The van der Waals surface area contributed by atoms with Gasteiger partial charge in [-0.15, -0.1) is 0 Å². The van der Waals surface area contributed by atoms with Gasteiger partial charge in [-0.1, -0.05) is 103 Å². The number of fused-ring (bicyclic) bond motifs is 7. The second-order valence-corrected chi connectivity index (χ2v) is 12.0. The molecule has 4 nitrogen and oxygen atoms in total.